The molecular formula is C20H15BrO5. The number of carbonyl (C=O) groups is 2. The van der Waals surface area contributed by atoms with Gasteiger partial charge in [0, 0.05) is 10.5 Å². The molecule has 0 N–H and O–H groups in total. The van der Waals surface area contributed by atoms with Crippen LogP contribution in [0.1, 0.15) is 15.9 Å². The van der Waals surface area contributed by atoms with E-state index < -0.39 is 5.97 Å². The third-order valence-electron chi connectivity index (χ3n) is 3.51. The lowest BCUT2D eigenvalue weighted by atomic mass is 10.1. The highest BCUT2D eigenvalue weighted by Gasteiger charge is 2.27. The van der Waals surface area contributed by atoms with Crippen LogP contribution in [0.15, 0.2) is 65.4 Å². The number of benzene rings is 2. The Morgan fingerprint density at radius 2 is 2.08 bits per heavy atom. The van der Waals surface area contributed by atoms with Crippen molar-refractivity contribution < 1.29 is 23.8 Å². The summed E-state index contributed by atoms with van der Waals surface area (Å²) in [5.41, 5.74) is 1.30. The van der Waals surface area contributed by atoms with Gasteiger partial charge in [-0.2, -0.15) is 0 Å². The molecule has 0 spiro atoms. The molecule has 6 heteroatoms. The van der Waals surface area contributed by atoms with Crippen LogP contribution < -0.4 is 9.47 Å². The number of Topliss-reactive ketones (excluding diaryl/α,β-unsaturated/α-hetero) is 1. The average molecular weight is 415 g/mol. The fraction of sp³-hybridized carbons (Fsp3) is 0.100. The van der Waals surface area contributed by atoms with E-state index in [1.807, 2.05) is 24.3 Å². The van der Waals surface area contributed by atoms with Gasteiger partial charge in [0.05, 0.1) is 5.56 Å². The van der Waals surface area contributed by atoms with E-state index in [9.17, 15) is 9.59 Å². The van der Waals surface area contributed by atoms with E-state index in [4.69, 9.17) is 14.2 Å². The van der Waals surface area contributed by atoms with Crippen LogP contribution in [-0.4, -0.2) is 25.0 Å². The molecule has 0 amide bonds. The SMILES string of the molecule is C=CCOC(=O)COc1ccc2c(c1)O/C(=C\c1cccc(Br)c1)C2=O. The van der Waals surface area contributed by atoms with Crippen molar-refractivity contribution in [1.82, 2.24) is 0 Å². The minimum Gasteiger partial charge on any atom is -0.482 e. The van der Waals surface area contributed by atoms with Crippen molar-refractivity contribution in [3.8, 4) is 11.5 Å². The number of esters is 1. The third-order valence-corrected chi connectivity index (χ3v) is 4.00. The van der Waals surface area contributed by atoms with Gasteiger partial charge in [0.1, 0.15) is 18.1 Å². The molecule has 0 bridgehead atoms. The molecule has 132 valence electrons. The highest BCUT2D eigenvalue weighted by Crippen LogP contribution is 2.35. The lowest BCUT2D eigenvalue weighted by molar-refractivity contribution is -0.144. The van der Waals surface area contributed by atoms with E-state index in [2.05, 4.69) is 22.5 Å². The van der Waals surface area contributed by atoms with Crippen LogP contribution in [0, 0.1) is 0 Å². The van der Waals surface area contributed by atoms with Crippen molar-refractivity contribution in [1.29, 1.82) is 0 Å². The van der Waals surface area contributed by atoms with Crippen molar-refractivity contribution in [3.05, 3.63) is 76.5 Å². The highest BCUT2D eigenvalue weighted by atomic mass is 79.9. The largest absolute Gasteiger partial charge is 0.482 e. The normalized spacial score (nSPS) is 13.9. The van der Waals surface area contributed by atoms with E-state index in [0.717, 1.165) is 10.0 Å². The summed E-state index contributed by atoms with van der Waals surface area (Å²) in [4.78, 5) is 23.9. The first kappa shape index (κ1) is 17.9. The fourth-order valence-electron chi connectivity index (χ4n) is 2.34. The second-order valence-corrected chi connectivity index (χ2v) is 6.33. The molecule has 0 radical (unpaired) electrons. The van der Waals surface area contributed by atoms with E-state index in [0.29, 0.717) is 17.1 Å². The molecule has 26 heavy (non-hydrogen) atoms. The van der Waals surface area contributed by atoms with Gasteiger partial charge in [-0.25, -0.2) is 4.79 Å². The number of ether oxygens (including phenoxy) is 3. The predicted molar refractivity (Wildman–Crippen MR) is 100 cm³/mol. The summed E-state index contributed by atoms with van der Waals surface area (Å²) in [5.74, 6) is 0.346. The molecule has 0 atom stereocenters. The molecular weight excluding hydrogens is 400 g/mol. The van der Waals surface area contributed by atoms with Crippen LogP contribution >= 0.6 is 15.9 Å². The zero-order valence-corrected chi connectivity index (χ0v) is 15.3. The maximum absolute atomic E-state index is 12.5. The standard InChI is InChI=1S/C20H15BrO5/c1-2-8-24-19(22)12-25-15-6-7-16-17(11-15)26-18(20(16)23)10-13-4-3-5-14(21)9-13/h2-7,9-11H,1,8,12H2/b18-10-. The van der Waals surface area contributed by atoms with Crippen LogP contribution in [-0.2, 0) is 9.53 Å². The summed E-state index contributed by atoms with van der Waals surface area (Å²) >= 11 is 3.39. The monoisotopic (exact) mass is 414 g/mol. The van der Waals surface area contributed by atoms with Gasteiger partial charge in [-0.05, 0) is 35.9 Å². The van der Waals surface area contributed by atoms with Gasteiger partial charge in [0.2, 0.25) is 5.78 Å². The first-order chi connectivity index (χ1) is 12.6. The molecule has 0 aliphatic carbocycles. The van der Waals surface area contributed by atoms with Gasteiger partial charge in [-0.3, -0.25) is 4.79 Å². The van der Waals surface area contributed by atoms with Gasteiger partial charge in [-0.15, -0.1) is 0 Å². The number of allylic oxidation sites excluding steroid dienone is 1. The second-order valence-electron chi connectivity index (χ2n) is 5.41. The van der Waals surface area contributed by atoms with Gasteiger partial charge in [-0.1, -0.05) is 40.7 Å². The van der Waals surface area contributed by atoms with Crippen LogP contribution in [0.2, 0.25) is 0 Å². The van der Waals surface area contributed by atoms with Crippen LogP contribution in [0.5, 0.6) is 11.5 Å². The van der Waals surface area contributed by atoms with Crippen molar-refractivity contribution in [2.45, 2.75) is 0 Å². The topological polar surface area (TPSA) is 61.8 Å². The smallest absolute Gasteiger partial charge is 0.344 e. The van der Waals surface area contributed by atoms with Crippen molar-refractivity contribution in [2.24, 2.45) is 0 Å². The molecule has 1 aliphatic rings. The van der Waals surface area contributed by atoms with E-state index in [1.165, 1.54) is 6.08 Å². The Kier molecular flexibility index (Phi) is 5.53. The fourth-order valence-corrected chi connectivity index (χ4v) is 2.76. The van der Waals surface area contributed by atoms with Crippen LogP contribution in [0.25, 0.3) is 6.08 Å². The van der Waals surface area contributed by atoms with Gasteiger partial charge in [0.15, 0.2) is 12.4 Å². The molecule has 0 saturated carbocycles. The number of fused-ring (bicyclic) bond motifs is 1. The molecule has 0 saturated heterocycles. The maximum atomic E-state index is 12.5. The summed E-state index contributed by atoms with van der Waals surface area (Å²) in [7, 11) is 0. The first-order valence-corrected chi connectivity index (χ1v) is 8.59. The number of hydrogen-bond donors (Lipinski definition) is 0. The molecule has 1 aliphatic heterocycles. The minimum absolute atomic E-state index is 0.133. The Labute approximate surface area is 159 Å². The first-order valence-electron chi connectivity index (χ1n) is 7.80. The Balaban J connectivity index is 1.72. The molecule has 2 aromatic rings. The lowest BCUT2D eigenvalue weighted by Gasteiger charge is -2.06. The Hall–Kier alpha value is -2.86. The number of ketones is 1. The van der Waals surface area contributed by atoms with Gasteiger partial charge in [0.25, 0.3) is 0 Å². The number of rotatable bonds is 6. The minimum atomic E-state index is -0.502. The molecule has 0 aromatic heterocycles. The highest BCUT2D eigenvalue weighted by molar-refractivity contribution is 9.10. The number of halogens is 1. The molecule has 3 rings (SSSR count). The van der Waals surface area contributed by atoms with Gasteiger partial charge >= 0.3 is 5.97 Å². The van der Waals surface area contributed by atoms with E-state index >= 15 is 0 Å². The molecule has 0 fully saturated rings. The number of hydrogen-bond acceptors (Lipinski definition) is 5. The van der Waals surface area contributed by atoms with Gasteiger partial charge < -0.3 is 14.2 Å². The number of carbonyl (C=O) groups excluding carboxylic acids is 2. The Morgan fingerprint density at radius 3 is 2.85 bits per heavy atom. The van der Waals surface area contributed by atoms with Crippen molar-refractivity contribution >= 4 is 33.8 Å². The summed E-state index contributed by atoms with van der Waals surface area (Å²) in [6.45, 7) is 3.36. The average Bonchev–Trinajstić information content (AvgIpc) is 2.93. The van der Waals surface area contributed by atoms with Crippen LogP contribution in [0.4, 0.5) is 0 Å². The lowest BCUT2D eigenvalue weighted by Crippen LogP contribution is -2.14. The molecule has 1 heterocycles. The zero-order valence-electron chi connectivity index (χ0n) is 13.7. The molecule has 2 aromatic carbocycles. The van der Waals surface area contributed by atoms with E-state index in [1.54, 1.807) is 24.3 Å². The zero-order chi connectivity index (χ0) is 18.5. The second kappa shape index (κ2) is 8.01. The van der Waals surface area contributed by atoms with Crippen molar-refractivity contribution in [2.75, 3.05) is 13.2 Å². The summed E-state index contributed by atoms with van der Waals surface area (Å²) in [6.07, 6.45) is 3.16. The van der Waals surface area contributed by atoms with Crippen molar-refractivity contribution in [3.63, 3.8) is 0 Å². The maximum Gasteiger partial charge on any atom is 0.344 e. The predicted octanol–water partition coefficient (Wildman–Crippen LogP) is 4.17. The molecule has 5 nitrogen and oxygen atoms in total. The quantitative estimate of drug-likeness (QED) is 0.403. The van der Waals surface area contributed by atoms with Crippen LogP contribution in [0.3, 0.4) is 0 Å². The summed E-state index contributed by atoms with van der Waals surface area (Å²) in [5, 5.41) is 0. The van der Waals surface area contributed by atoms with E-state index in [-0.39, 0.29) is 24.8 Å². The summed E-state index contributed by atoms with van der Waals surface area (Å²) < 4.78 is 16.8. The third kappa shape index (κ3) is 4.21. The molecule has 0 unspecified atom stereocenters. The Bertz CT molecular complexity index is 901. The Morgan fingerprint density at radius 1 is 1.23 bits per heavy atom. The summed E-state index contributed by atoms with van der Waals surface area (Å²) in [6, 6.07) is 12.3.